The van der Waals surface area contributed by atoms with Crippen LogP contribution in [0.1, 0.15) is 31.7 Å². The van der Waals surface area contributed by atoms with Gasteiger partial charge < -0.3 is 9.80 Å². The molecule has 1 aliphatic rings. The van der Waals surface area contributed by atoms with Gasteiger partial charge in [0.25, 0.3) is 5.69 Å². The molecule has 0 radical (unpaired) electrons. The molecule has 1 fully saturated rings. The summed E-state index contributed by atoms with van der Waals surface area (Å²) in [5.41, 5.74) is 2.68. The zero-order chi connectivity index (χ0) is 27.8. The number of fused-ring (bicyclic) bond motifs is 3. The molecule has 0 unspecified atom stereocenters. The van der Waals surface area contributed by atoms with Crippen LogP contribution < -0.4 is 4.90 Å². The second kappa shape index (κ2) is 10.4. The lowest BCUT2D eigenvalue weighted by Gasteiger charge is -2.41. The van der Waals surface area contributed by atoms with E-state index in [2.05, 4.69) is 22.0 Å². The predicted octanol–water partition coefficient (Wildman–Crippen LogP) is 5.08. The van der Waals surface area contributed by atoms with Crippen molar-refractivity contribution in [2.45, 2.75) is 32.2 Å². The molecule has 6 rings (SSSR count). The normalized spacial score (nSPS) is 16.4. The van der Waals surface area contributed by atoms with Crippen molar-refractivity contribution >= 4 is 34.1 Å². The monoisotopic (exact) mass is 535 g/mol. The number of hydrogen-bond acceptors (Lipinski definition) is 7. The number of carbonyl (C=O) groups excluding carboxylic acids is 1. The first-order valence-corrected chi connectivity index (χ1v) is 13.5. The van der Waals surface area contributed by atoms with E-state index >= 15 is 0 Å². The molecule has 1 aliphatic heterocycles. The smallest absolute Gasteiger partial charge is 0.280 e. The van der Waals surface area contributed by atoms with Gasteiger partial charge in [-0.2, -0.15) is 0 Å². The average molecular weight is 536 g/mol. The van der Waals surface area contributed by atoms with Crippen LogP contribution in [-0.2, 0) is 4.79 Å². The van der Waals surface area contributed by atoms with Crippen LogP contribution in [0.3, 0.4) is 0 Å². The minimum atomic E-state index is -0.409. The number of rotatable bonds is 6. The molecule has 0 aliphatic carbocycles. The molecule has 3 aromatic carbocycles. The molecular weight excluding hydrogens is 506 g/mol. The van der Waals surface area contributed by atoms with Gasteiger partial charge in [0.2, 0.25) is 11.9 Å². The third-order valence-electron chi connectivity index (χ3n) is 7.67. The third-order valence-corrected chi connectivity index (χ3v) is 7.67. The fourth-order valence-electron chi connectivity index (χ4n) is 5.68. The van der Waals surface area contributed by atoms with Gasteiger partial charge in [0.15, 0.2) is 11.5 Å². The lowest BCUT2D eigenvalue weighted by atomic mass is 9.94. The summed E-state index contributed by atoms with van der Waals surface area (Å²) in [5, 5.41) is 21.6. The molecule has 3 heterocycles. The van der Waals surface area contributed by atoms with Gasteiger partial charge in [-0.25, -0.2) is 9.38 Å². The fraction of sp³-hybridized carbons (Fsp3) is 0.267. The Morgan fingerprint density at radius 3 is 2.48 bits per heavy atom. The topological polar surface area (TPSA) is 110 Å². The molecule has 202 valence electrons. The van der Waals surface area contributed by atoms with Crippen LogP contribution in [0.5, 0.6) is 0 Å². The van der Waals surface area contributed by atoms with Gasteiger partial charge in [0, 0.05) is 37.1 Å². The van der Waals surface area contributed by atoms with E-state index in [9.17, 15) is 14.9 Å². The van der Waals surface area contributed by atoms with Crippen molar-refractivity contribution in [2.24, 2.45) is 0 Å². The number of aromatic nitrogens is 4. The van der Waals surface area contributed by atoms with Crippen molar-refractivity contribution in [3.63, 3.8) is 0 Å². The van der Waals surface area contributed by atoms with Gasteiger partial charge in [-0.3, -0.25) is 14.9 Å². The Kier molecular flexibility index (Phi) is 6.59. The number of benzene rings is 3. The summed E-state index contributed by atoms with van der Waals surface area (Å²) in [7, 11) is 0. The SMILES string of the molecule is CC[C@H](C(=O)N1CCN(c2nc3ccccc3c3nnc(-c4ccccc4[N+](=O)[O-])n23)C[C@H]1C)c1ccccc1. The lowest BCUT2D eigenvalue weighted by molar-refractivity contribution is -0.384. The van der Waals surface area contributed by atoms with Crippen LogP contribution >= 0.6 is 0 Å². The van der Waals surface area contributed by atoms with Crippen molar-refractivity contribution < 1.29 is 9.72 Å². The van der Waals surface area contributed by atoms with Crippen LogP contribution in [0.25, 0.3) is 27.9 Å². The van der Waals surface area contributed by atoms with E-state index in [1.54, 1.807) is 18.2 Å². The van der Waals surface area contributed by atoms with Gasteiger partial charge in [-0.15, -0.1) is 10.2 Å². The Labute approximate surface area is 231 Å². The second-order valence-electron chi connectivity index (χ2n) is 10.1. The number of anilines is 1. The van der Waals surface area contributed by atoms with Gasteiger partial charge in [-0.05, 0) is 37.1 Å². The zero-order valence-corrected chi connectivity index (χ0v) is 22.3. The molecule has 0 spiro atoms. The maximum Gasteiger partial charge on any atom is 0.280 e. The summed E-state index contributed by atoms with van der Waals surface area (Å²) in [6.45, 7) is 5.72. The number of nitro groups is 1. The molecule has 0 bridgehead atoms. The first-order valence-electron chi connectivity index (χ1n) is 13.5. The fourth-order valence-corrected chi connectivity index (χ4v) is 5.68. The highest BCUT2D eigenvalue weighted by Crippen LogP contribution is 2.34. The Morgan fingerprint density at radius 1 is 1.00 bits per heavy atom. The van der Waals surface area contributed by atoms with E-state index in [1.807, 2.05) is 70.8 Å². The summed E-state index contributed by atoms with van der Waals surface area (Å²) in [4.78, 5) is 34.2. The Balaban J connectivity index is 1.40. The molecule has 1 amide bonds. The molecule has 2 aromatic heterocycles. The first kappa shape index (κ1) is 25.4. The average Bonchev–Trinajstić information content (AvgIpc) is 3.43. The predicted molar refractivity (Wildman–Crippen MR) is 153 cm³/mol. The van der Waals surface area contributed by atoms with Crippen molar-refractivity contribution in [2.75, 3.05) is 24.5 Å². The number of hydrogen-bond donors (Lipinski definition) is 0. The molecule has 1 saturated heterocycles. The minimum Gasteiger partial charge on any atom is -0.338 e. The maximum atomic E-state index is 13.7. The number of amides is 1. The quantitative estimate of drug-likeness (QED) is 0.220. The van der Waals surface area contributed by atoms with E-state index in [0.29, 0.717) is 42.6 Å². The molecule has 2 atom stereocenters. The highest BCUT2D eigenvalue weighted by Gasteiger charge is 2.34. The molecule has 0 saturated carbocycles. The highest BCUT2D eigenvalue weighted by molar-refractivity contribution is 5.93. The summed E-state index contributed by atoms with van der Waals surface area (Å²) in [6.07, 6.45) is 0.725. The number of carbonyl (C=O) groups is 1. The maximum absolute atomic E-state index is 13.7. The van der Waals surface area contributed by atoms with Gasteiger partial charge in [-0.1, -0.05) is 61.5 Å². The summed E-state index contributed by atoms with van der Waals surface area (Å²) >= 11 is 0. The first-order chi connectivity index (χ1) is 19.5. The number of nitro benzene ring substituents is 1. The lowest BCUT2D eigenvalue weighted by Crippen LogP contribution is -2.55. The third kappa shape index (κ3) is 4.31. The summed E-state index contributed by atoms with van der Waals surface area (Å²) in [5.74, 6) is 0.892. The van der Waals surface area contributed by atoms with E-state index < -0.39 is 4.92 Å². The van der Waals surface area contributed by atoms with Gasteiger partial charge in [0.05, 0.1) is 21.9 Å². The van der Waals surface area contributed by atoms with Crippen molar-refractivity contribution in [1.29, 1.82) is 0 Å². The second-order valence-corrected chi connectivity index (χ2v) is 10.1. The van der Waals surface area contributed by atoms with Crippen molar-refractivity contribution in [3.8, 4) is 11.4 Å². The molecule has 10 heteroatoms. The summed E-state index contributed by atoms with van der Waals surface area (Å²) in [6, 6.07) is 24.1. The largest absolute Gasteiger partial charge is 0.338 e. The van der Waals surface area contributed by atoms with Gasteiger partial charge in [0.1, 0.15) is 0 Å². The van der Waals surface area contributed by atoms with Crippen LogP contribution in [0, 0.1) is 10.1 Å². The molecular formula is C30H29N7O3. The summed E-state index contributed by atoms with van der Waals surface area (Å²) < 4.78 is 1.81. The standard InChI is InChI=1S/C30H29N7O3/c1-3-22(21-11-5-4-6-12-21)29(38)35-18-17-34(19-20(35)2)30-31-25-15-9-7-13-23(25)27-32-33-28(36(27)30)24-14-8-10-16-26(24)37(39)40/h4-16,20,22H,3,17-19H2,1-2H3/t20-,22+/m1/s1. The van der Waals surface area contributed by atoms with E-state index in [0.717, 1.165) is 22.9 Å². The number of nitrogens with zero attached hydrogens (tertiary/aromatic N) is 7. The van der Waals surface area contributed by atoms with Crippen molar-refractivity contribution in [1.82, 2.24) is 24.5 Å². The number of para-hydroxylation sites is 2. The molecule has 10 nitrogen and oxygen atoms in total. The van der Waals surface area contributed by atoms with Crippen LogP contribution in [0.2, 0.25) is 0 Å². The Bertz CT molecular complexity index is 1720. The molecule has 5 aromatic rings. The van der Waals surface area contributed by atoms with Gasteiger partial charge >= 0.3 is 0 Å². The van der Waals surface area contributed by atoms with E-state index in [1.165, 1.54) is 6.07 Å². The highest BCUT2D eigenvalue weighted by atomic mass is 16.6. The zero-order valence-electron chi connectivity index (χ0n) is 22.3. The molecule has 40 heavy (non-hydrogen) atoms. The number of piperazine rings is 1. The Hall–Kier alpha value is -4.86. The van der Waals surface area contributed by atoms with Crippen LogP contribution in [0.4, 0.5) is 11.6 Å². The Morgan fingerprint density at radius 2 is 1.73 bits per heavy atom. The van der Waals surface area contributed by atoms with E-state index in [-0.39, 0.29) is 23.6 Å². The van der Waals surface area contributed by atoms with Crippen LogP contribution in [0.15, 0.2) is 78.9 Å². The molecule has 0 N–H and O–H groups in total. The van der Waals surface area contributed by atoms with E-state index in [4.69, 9.17) is 4.98 Å². The minimum absolute atomic E-state index is 0.0498. The van der Waals surface area contributed by atoms with Crippen LogP contribution in [-0.4, -0.2) is 61.0 Å². The van der Waals surface area contributed by atoms with Crippen molar-refractivity contribution in [3.05, 3.63) is 94.5 Å².